The van der Waals surface area contributed by atoms with Crippen LogP contribution < -0.4 is 4.90 Å². The van der Waals surface area contributed by atoms with Crippen LogP contribution in [0.3, 0.4) is 0 Å². The van der Waals surface area contributed by atoms with E-state index in [2.05, 4.69) is 15.5 Å². The maximum absolute atomic E-state index is 13.8. The number of halogens is 2. The minimum Gasteiger partial charge on any atom is -0.268 e. The van der Waals surface area contributed by atoms with Gasteiger partial charge < -0.3 is 0 Å². The number of thioether (sulfide) groups is 1. The number of nitrogens with zero attached hydrogens (tertiary/aromatic N) is 7. The second-order valence-corrected chi connectivity index (χ2v) is 12.6. The Morgan fingerprint density at radius 3 is 2.38 bits per heavy atom. The van der Waals surface area contributed by atoms with Crippen molar-refractivity contribution in [2.75, 3.05) is 4.90 Å². The number of aromatic nitrogens is 4. The van der Waals surface area contributed by atoms with E-state index in [1.807, 2.05) is 62.4 Å². The third-order valence-corrected chi connectivity index (χ3v) is 9.51. The number of carbonyl (C=O) groups is 1. The molecule has 45 heavy (non-hydrogen) atoms. The Kier molecular flexibility index (Phi) is 8.72. The topological polar surface area (TPSA) is 119 Å². The largest absolute Gasteiger partial charge is 0.283 e. The van der Waals surface area contributed by atoms with Crippen molar-refractivity contribution < 1.29 is 9.72 Å². The van der Waals surface area contributed by atoms with Crippen molar-refractivity contribution in [1.82, 2.24) is 20.2 Å². The second-order valence-electron chi connectivity index (χ2n) is 9.81. The maximum atomic E-state index is 13.8. The van der Waals surface area contributed by atoms with Gasteiger partial charge in [-0.15, -0.1) is 5.10 Å². The first kappa shape index (κ1) is 30.5. The number of amidine groups is 1. The number of hydrogen-bond acceptors (Lipinski definition) is 9. The van der Waals surface area contributed by atoms with Gasteiger partial charge in [-0.05, 0) is 113 Å². The van der Waals surface area contributed by atoms with E-state index < -0.39 is 4.92 Å². The molecule has 14 heteroatoms. The molecule has 10 nitrogen and oxygen atoms in total. The van der Waals surface area contributed by atoms with Crippen molar-refractivity contribution in [1.29, 1.82) is 0 Å². The number of nitro benzene ring substituents is 1. The van der Waals surface area contributed by atoms with Crippen molar-refractivity contribution >= 4 is 80.9 Å². The lowest BCUT2D eigenvalue weighted by Crippen LogP contribution is -2.28. The summed E-state index contributed by atoms with van der Waals surface area (Å²) in [6, 6.07) is 24.7. The smallest absolute Gasteiger partial charge is 0.268 e. The number of nitro groups is 1. The molecule has 224 valence electrons. The summed E-state index contributed by atoms with van der Waals surface area (Å²) >= 11 is 15.0. The van der Waals surface area contributed by atoms with Gasteiger partial charge in [-0.2, -0.15) is 4.68 Å². The Balaban J connectivity index is 1.36. The Bertz CT molecular complexity index is 2030. The van der Waals surface area contributed by atoms with Gasteiger partial charge in [0.1, 0.15) is 0 Å². The molecule has 1 aliphatic heterocycles. The number of tetrazole rings is 1. The lowest BCUT2D eigenvalue weighted by Gasteiger charge is -2.16. The molecule has 5 aromatic rings. The summed E-state index contributed by atoms with van der Waals surface area (Å²) in [6.07, 6.45) is 1.61. The maximum Gasteiger partial charge on any atom is 0.283 e. The van der Waals surface area contributed by atoms with Crippen LogP contribution in [0, 0.1) is 24.0 Å². The number of hydrogen-bond donors (Lipinski definition) is 0. The van der Waals surface area contributed by atoms with Crippen LogP contribution >= 0.6 is 46.7 Å². The van der Waals surface area contributed by atoms with Crippen LogP contribution in [0.2, 0.25) is 10.0 Å². The van der Waals surface area contributed by atoms with Gasteiger partial charge >= 0.3 is 0 Å². The summed E-state index contributed by atoms with van der Waals surface area (Å²) in [6.45, 7) is 3.76. The number of carbonyl (C=O) groups excluding carboxylic acids is 1. The highest BCUT2D eigenvalue weighted by molar-refractivity contribution is 8.19. The molecule has 0 spiro atoms. The summed E-state index contributed by atoms with van der Waals surface area (Å²) in [7, 11) is 0. The Morgan fingerprint density at radius 1 is 0.933 bits per heavy atom. The molecule has 0 N–H and O–H groups in total. The minimum absolute atomic E-state index is 0.155. The Hall–Kier alpha value is -4.49. The summed E-state index contributed by atoms with van der Waals surface area (Å²) in [5.74, 6) is -0.347. The van der Waals surface area contributed by atoms with E-state index in [0.717, 1.165) is 40.3 Å². The van der Waals surface area contributed by atoms with Gasteiger partial charge in [0.25, 0.3) is 11.6 Å². The van der Waals surface area contributed by atoms with Gasteiger partial charge in [-0.25, -0.2) is 4.99 Å². The summed E-state index contributed by atoms with van der Waals surface area (Å²) in [4.78, 5) is 32.4. The fourth-order valence-corrected chi connectivity index (χ4v) is 6.56. The quantitative estimate of drug-likeness (QED) is 0.0959. The highest BCUT2D eigenvalue weighted by Crippen LogP contribution is 2.40. The van der Waals surface area contributed by atoms with Gasteiger partial charge in [0, 0.05) is 16.1 Å². The summed E-state index contributed by atoms with van der Waals surface area (Å²) in [5, 5.41) is 25.8. The molecule has 1 aliphatic rings. The molecule has 2 heterocycles. The van der Waals surface area contributed by atoms with Crippen molar-refractivity contribution in [3.05, 3.63) is 127 Å². The zero-order valence-electron chi connectivity index (χ0n) is 23.6. The lowest BCUT2D eigenvalue weighted by molar-refractivity contribution is -0.387. The minimum atomic E-state index is -0.473. The van der Waals surface area contributed by atoms with Crippen LogP contribution in [0.4, 0.5) is 17.1 Å². The van der Waals surface area contributed by atoms with Gasteiger partial charge in [0.2, 0.25) is 5.16 Å². The molecule has 1 saturated heterocycles. The first-order valence-corrected chi connectivity index (χ1v) is 15.7. The van der Waals surface area contributed by atoms with E-state index >= 15 is 0 Å². The van der Waals surface area contributed by atoms with E-state index in [9.17, 15) is 14.9 Å². The van der Waals surface area contributed by atoms with E-state index in [-0.39, 0.29) is 11.6 Å². The number of benzene rings is 4. The first-order valence-electron chi connectivity index (χ1n) is 13.3. The Labute approximate surface area is 275 Å². The van der Waals surface area contributed by atoms with Crippen LogP contribution in [0.25, 0.3) is 11.8 Å². The fourth-order valence-electron chi connectivity index (χ4n) is 4.34. The number of amides is 1. The van der Waals surface area contributed by atoms with Gasteiger partial charge in [0.15, 0.2) is 5.17 Å². The predicted octanol–water partition coefficient (Wildman–Crippen LogP) is 8.45. The van der Waals surface area contributed by atoms with Crippen molar-refractivity contribution in [3.63, 3.8) is 0 Å². The van der Waals surface area contributed by atoms with Gasteiger partial charge in [0.05, 0.1) is 31.8 Å². The molecular formula is C31H21Cl2N7O3S2. The third kappa shape index (κ3) is 6.50. The molecule has 0 saturated carbocycles. The monoisotopic (exact) mass is 673 g/mol. The van der Waals surface area contributed by atoms with Gasteiger partial charge in [-0.3, -0.25) is 19.8 Å². The molecule has 4 aromatic carbocycles. The highest BCUT2D eigenvalue weighted by atomic mass is 35.5. The van der Waals surface area contributed by atoms with Crippen molar-refractivity contribution in [3.8, 4) is 5.69 Å². The van der Waals surface area contributed by atoms with E-state index in [0.29, 0.717) is 47.1 Å². The number of aryl methyl sites for hydroxylation is 2. The van der Waals surface area contributed by atoms with E-state index in [4.69, 9.17) is 28.2 Å². The summed E-state index contributed by atoms with van der Waals surface area (Å²) in [5.41, 5.74) is 3.90. The molecule has 1 amide bonds. The third-order valence-electron chi connectivity index (χ3n) is 6.72. The molecule has 0 atom stereocenters. The summed E-state index contributed by atoms with van der Waals surface area (Å²) < 4.78 is 1.51. The molecule has 0 radical (unpaired) electrons. The molecule has 0 aliphatic carbocycles. The van der Waals surface area contributed by atoms with Crippen LogP contribution in [-0.2, 0) is 4.79 Å². The molecule has 6 rings (SSSR count). The normalized spacial score (nSPS) is 14.9. The molecule has 1 fully saturated rings. The highest BCUT2D eigenvalue weighted by Gasteiger charge is 2.35. The second kappa shape index (κ2) is 12.9. The van der Waals surface area contributed by atoms with Crippen molar-refractivity contribution in [2.24, 2.45) is 4.99 Å². The Morgan fingerprint density at radius 2 is 1.67 bits per heavy atom. The van der Waals surface area contributed by atoms with Crippen molar-refractivity contribution in [2.45, 2.75) is 23.9 Å². The number of para-hydroxylation sites is 1. The van der Waals surface area contributed by atoms with Gasteiger partial charge in [-0.1, -0.05) is 59.6 Å². The van der Waals surface area contributed by atoms with Crippen LogP contribution in [0.15, 0.2) is 105 Å². The van der Waals surface area contributed by atoms with Crippen LogP contribution in [0.5, 0.6) is 0 Å². The van der Waals surface area contributed by atoms with Crippen LogP contribution in [0.1, 0.15) is 16.7 Å². The van der Waals surface area contributed by atoms with E-state index in [1.54, 1.807) is 36.4 Å². The zero-order valence-corrected chi connectivity index (χ0v) is 26.7. The predicted molar refractivity (Wildman–Crippen MR) is 179 cm³/mol. The average molecular weight is 675 g/mol. The first-order chi connectivity index (χ1) is 21.7. The standard InChI is InChI=1S/C31H21Cl2N7O3S2/c1-18-8-11-21(16-24(18)32)34-30-38(23-12-9-19(2)25(33)17-23)29(41)28(45-30)15-20-10-13-27(26(14-20)40(42)43)44-31-35-36-37-39(31)22-6-4-3-5-7-22/h3-17H,1-2H3/b28-15-,34-30?. The number of anilines is 1. The fraction of sp³-hybridized carbons (Fsp3) is 0.0645. The number of rotatable bonds is 7. The van der Waals surface area contributed by atoms with E-state index in [1.165, 1.54) is 15.6 Å². The number of aliphatic imine (C=N–C) groups is 1. The molecular weight excluding hydrogens is 653 g/mol. The lowest BCUT2D eigenvalue weighted by atomic mass is 10.1. The molecule has 1 aromatic heterocycles. The molecule has 0 unspecified atom stereocenters. The average Bonchev–Trinajstić information content (AvgIpc) is 3.61. The molecule has 0 bridgehead atoms. The van der Waals surface area contributed by atoms with Crippen LogP contribution in [-0.4, -0.2) is 36.2 Å². The zero-order chi connectivity index (χ0) is 31.7. The SMILES string of the molecule is Cc1ccc(N=C2S/C(=C\c3ccc(Sc4nnnn4-c4ccccc4)c([N+](=O)[O-])c3)C(=O)N2c2ccc(C)c(Cl)c2)cc1Cl.